The number of fused-ring (bicyclic) bond motifs is 1. The van der Waals surface area contributed by atoms with Crippen molar-refractivity contribution in [2.45, 2.75) is 36.7 Å². The van der Waals surface area contributed by atoms with Crippen LogP contribution in [0.4, 0.5) is 5.69 Å². The van der Waals surface area contributed by atoms with E-state index < -0.39 is 0 Å². The van der Waals surface area contributed by atoms with Gasteiger partial charge in [0, 0.05) is 42.2 Å². The number of aromatic nitrogens is 5. The number of pyridine rings is 1. The fraction of sp³-hybridized carbons (Fsp3) is 0.200. The molecule has 1 fully saturated rings. The molecule has 6 nitrogen and oxygen atoms in total. The first-order valence-corrected chi connectivity index (χ1v) is 15.5. The van der Waals surface area contributed by atoms with E-state index in [2.05, 4.69) is 126 Å². The Labute approximate surface area is 250 Å². The lowest BCUT2D eigenvalue weighted by Gasteiger charge is -2.16. The maximum absolute atomic E-state index is 4.67. The average Bonchev–Trinajstić information content (AvgIpc) is 3.73. The Hall–Kier alpha value is -4.49. The molecular formula is C35H33N6S+. The van der Waals surface area contributed by atoms with Gasteiger partial charge in [0.2, 0.25) is 0 Å². The zero-order valence-corrected chi connectivity index (χ0v) is 24.3. The summed E-state index contributed by atoms with van der Waals surface area (Å²) in [6.45, 7) is 3.94. The number of rotatable bonds is 9. The van der Waals surface area contributed by atoms with Gasteiger partial charge in [0.25, 0.3) is 0 Å². The van der Waals surface area contributed by atoms with Crippen molar-refractivity contribution in [3.63, 3.8) is 0 Å². The van der Waals surface area contributed by atoms with Crippen LogP contribution in [-0.4, -0.2) is 32.6 Å². The van der Waals surface area contributed by atoms with Crippen LogP contribution in [0.25, 0.3) is 22.3 Å². The maximum atomic E-state index is 4.67. The minimum absolute atomic E-state index is 0.712. The molecule has 0 amide bonds. The molecule has 7 rings (SSSR count). The standard InChI is InChI=1S/C35H33N6S/c1-2-6-29(7-3-1)24-42-35-33-34(36-25-37-35)41(26-38-33)23-28-10-14-31(15-11-28)30-12-8-27(9-13-30)22-39-20-16-32(17-21-39)40-18-4-5-19-40/h1-3,6-17,20-21,25-26H,4-5,18-19,22-24H2/q+1. The van der Waals surface area contributed by atoms with Crippen LogP contribution < -0.4 is 9.47 Å². The molecule has 0 radical (unpaired) electrons. The van der Waals surface area contributed by atoms with Crippen molar-refractivity contribution in [2.75, 3.05) is 18.0 Å². The fourth-order valence-electron chi connectivity index (χ4n) is 5.56. The van der Waals surface area contributed by atoms with Crippen LogP contribution in [0.1, 0.15) is 29.5 Å². The highest BCUT2D eigenvalue weighted by Crippen LogP contribution is 2.27. The van der Waals surface area contributed by atoms with Gasteiger partial charge in [0.05, 0.1) is 12.9 Å². The molecule has 0 bridgehead atoms. The number of hydrogen-bond donors (Lipinski definition) is 0. The van der Waals surface area contributed by atoms with E-state index in [4.69, 9.17) is 0 Å². The van der Waals surface area contributed by atoms with Gasteiger partial charge in [-0.25, -0.2) is 19.5 Å². The average molecular weight is 570 g/mol. The zero-order valence-electron chi connectivity index (χ0n) is 23.5. The lowest BCUT2D eigenvalue weighted by atomic mass is 10.0. The highest BCUT2D eigenvalue weighted by atomic mass is 32.2. The Kier molecular flexibility index (Phi) is 7.65. The summed E-state index contributed by atoms with van der Waals surface area (Å²) in [5, 5.41) is 0.916. The van der Waals surface area contributed by atoms with E-state index >= 15 is 0 Å². The number of hydrogen-bond acceptors (Lipinski definition) is 5. The summed E-state index contributed by atoms with van der Waals surface area (Å²) in [7, 11) is 0. The zero-order chi connectivity index (χ0) is 28.1. The molecule has 0 unspecified atom stereocenters. The number of benzene rings is 3. The predicted molar refractivity (Wildman–Crippen MR) is 169 cm³/mol. The molecule has 1 aliphatic rings. The topological polar surface area (TPSA) is 50.7 Å². The first-order chi connectivity index (χ1) is 20.8. The van der Waals surface area contributed by atoms with E-state index in [-0.39, 0.29) is 0 Å². The van der Waals surface area contributed by atoms with Crippen molar-refractivity contribution in [1.29, 1.82) is 0 Å². The SMILES string of the molecule is c1ccc(CSc2ncnc3c2ncn3Cc2ccc(-c3ccc(C[n+]4ccc(N5CCCC5)cc4)cc3)cc2)cc1. The molecule has 1 saturated heterocycles. The molecular weight excluding hydrogens is 536 g/mol. The number of nitrogens with zero attached hydrogens (tertiary/aromatic N) is 6. The van der Waals surface area contributed by atoms with Gasteiger partial charge in [-0.3, -0.25) is 0 Å². The molecule has 1 aliphatic heterocycles. The lowest BCUT2D eigenvalue weighted by Crippen LogP contribution is -2.33. The van der Waals surface area contributed by atoms with E-state index in [1.54, 1.807) is 18.1 Å². The van der Waals surface area contributed by atoms with Gasteiger partial charge in [-0.1, -0.05) is 90.6 Å². The highest BCUT2D eigenvalue weighted by Gasteiger charge is 2.14. The van der Waals surface area contributed by atoms with Crippen LogP contribution in [-0.2, 0) is 18.8 Å². The largest absolute Gasteiger partial charge is 0.371 e. The summed E-state index contributed by atoms with van der Waals surface area (Å²) in [6, 6.07) is 32.6. The molecule has 0 saturated carbocycles. The molecule has 0 aliphatic carbocycles. The summed E-state index contributed by atoms with van der Waals surface area (Å²) < 4.78 is 4.35. The first-order valence-electron chi connectivity index (χ1n) is 14.5. The Balaban J connectivity index is 0.991. The van der Waals surface area contributed by atoms with Crippen LogP contribution in [0.3, 0.4) is 0 Å². The van der Waals surface area contributed by atoms with Crippen molar-refractivity contribution in [1.82, 2.24) is 19.5 Å². The van der Waals surface area contributed by atoms with E-state index in [0.717, 1.165) is 28.5 Å². The quantitative estimate of drug-likeness (QED) is 0.109. The van der Waals surface area contributed by atoms with Gasteiger partial charge < -0.3 is 9.47 Å². The van der Waals surface area contributed by atoms with Crippen LogP contribution in [0.5, 0.6) is 0 Å². The Bertz CT molecular complexity index is 1760. The second-order valence-corrected chi connectivity index (χ2v) is 11.8. The van der Waals surface area contributed by atoms with Crippen LogP contribution in [0.15, 0.2) is 121 Å². The maximum Gasteiger partial charge on any atom is 0.173 e. The van der Waals surface area contributed by atoms with E-state index in [1.807, 2.05) is 12.4 Å². The van der Waals surface area contributed by atoms with E-state index in [1.165, 1.54) is 59.4 Å². The second kappa shape index (κ2) is 12.2. The third-order valence-corrected chi connectivity index (χ3v) is 8.94. The Morgan fingerprint density at radius 1 is 0.690 bits per heavy atom. The number of imidazole rings is 1. The van der Waals surface area contributed by atoms with Crippen molar-refractivity contribution in [2.24, 2.45) is 0 Å². The van der Waals surface area contributed by atoms with Gasteiger partial charge in [0.15, 0.2) is 24.6 Å². The predicted octanol–water partition coefficient (Wildman–Crippen LogP) is 6.77. The molecule has 208 valence electrons. The minimum atomic E-state index is 0.712. The fourth-order valence-corrected chi connectivity index (χ4v) is 6.46. The van der Waals surface area contributed by atoms with Gasteiger partial charge in [0.1, 0.15) is 16.9 Å². The molecule has 7 heteroatoms. The van der Waals surface area contributed by atoms with Gasteiger partial charge in [-0.15, -0.1) is 0 Å². The molecule has 0 spiro atoms. The van der Waals surface area contributed by atoms with Crippen molar-refractivity contribution in [3.05, 3.63) is 133 Å². The molecule has 6 aromatic rings. The molecule has 4 heterocycles. The third kappa shape index (κ3) is 5.92. The molecule has 0 N–H and O–H groups in total. The van der Waals surface area contributed by atoms with Crippen molar-refractivity contribution < 1.29 is 4.57 Å². The summed E-state index contributed by atoms with van der Waals surface area (Å²) in [5.41, 5.74) is 9.26. The second-order valence-electron chi connectivity index (χ2n) is 10.8. The van der Waals surface area contributed by atoms with Gasteiger partial charge in [-0.05, 0) is 35.1 Å². The highest BCUT2D eigenvalue weighted by molar-refractivity contribution is 7.98. The molecule has 42 heavy (non-hydrogen) atoms. The molecule has 3 aromatic carbocycles. The van der Waals surface area contributed by atoms with Gasteiger partial charge in [-0.2, -0.15) is 0 Å². The van der Waals surface area contributed by atoms with Crippen LogP contribution in [0, 0.1) is 0 Å². The summed E-state index contributed by atoms with van der Waals surface area (Å²) in [6.07, 6.45) is 10.5. The van der Waals surface area contributed by atoms with Crippen LogP contribution >= 0.6 is 11.8 Å². The van der Waals surface area contributed by atoms with Crippen molar-refractivity contribution >= 4 is 28.6 Å². The lowest BCUT2D eigenvalue weighted by molar-refractivity contribution is -0.688. The number of anilines is 1. The molecule has 3 aromatic heterocycles. The normalized spacial score (nSPS) is 13.2. The number of thioether (sulfide) groups is 1. The first kappa shape index (κ1) is 26.4. The van der Waals surface area contributed by atoms with Crippen molar-refractivity contribution in [3.8, 4) is 11.1 Å². The molecule has 0 atom stereocenters. The summed E-state index contributed by atoms with van der Waals surface area (Å²) in [5.74, 6) is 0.854. The minimum Gasteiger partial charge on any atom is -0.371 e. The third-order valence-electron chi connectivity index (χ3n) is 7.89. The Morgan fingerprint density at radius 2 is 1.38 bits per heavy atom. The van der Waals surface area contributed by atoms with Gasteiger partial charge >= 0.3 is 0 Å². The van der Waals surface area contributed by atoms with E-state index in [0.29, 0.717) is 6.54 Å². The summed E-state index contributed by atoms with van der Waals surface area (Å²) in [4.78, 5) is 16.2. The monoisotopic (exact) mass is 569 g/mol. The van der Waals surface area contributed by atoms with Crippen LogP contribution in [0.2, 0.25) is 0 Å². The van der Waals surface area contributed by atoms with E-state index in [9.17, 15) is 0 Å². The Morgan fingerprint density at radius 3 is 2.10 bits per heavy atom. The summed E-state index contributed by atoms with van der Waals surface area (Å²) >= 11 is 1.70. The smallest absolute Gasteiger partial charge is 0.173 e.